The number of carbonyl (C=O) groups excluding carboxylic acids is 2. The highest BCUT2D eigenvalue weighted by Crippen LogP contribution is 2.38. The van der Waals surface area contributed by atoms with E-state index in [1.807, 2.05) is 4.90 Å². The van der Waals surface area contributed by atoms with Crippen LogP contribution in [0.1, 0.15) is 65.8 Å². The summed E-state index contributed by atoms with van der Waals surface area (Å²) in [5.74, 6) is -2.13. The summed E-state index contributed by atoms with van der Waals surface area (Å²) in [6, 6.07) is 6.26. The van der Waals surface area contributed by atoms with E-state index < -0.39 is 17.2 Å². The molecule has 3 aromatic rings. The van der Waals surface area contributed by atoms with Gasteiger partial charge in [-0.05, 0) is 31.4 Å². The van der Waals surface area contributed by atoms with Crippen LogP contribution in [0.15, 0.2) is 47.7 Å². The average Bonchev–Trinajstić information content (AvgIpc) is 3.81. The molecule has 224 valence electrons. The molecule has 0 unspecified atom stereocenters. The standard InChI is InChI=1S/C30H34FN5O5.BrH/c1-2-3-4-9-32-27(37)19-33-10-7-20(8-11-33)29(39)35-14-12-34(13-15-35)26-17-25-22(16-24(26)31)28(38)23(30(40)41)18-36(25)21-5-6-21;/h7-8,10-11,16-18,21H,2-6,9,12-15,19H2,1H3,(H-,32,37,40,41);1H. The number of hydrogen-bond donors (Lipinski definition) is 2. The molecule has 1 saturated heterocycles. The topological polar surface area (TPSA) is 116 Å². The summed E-state index contributed by atoms with van der Waals surface area (Å²) < 4.78 is 18.8. The van der Waals surface area contributed by atoms with Crippen molar-refractivity contribution in [2.24, 2.45) is 0 Å². The van der Waals surface area contributed by atoms with Crippen molar-refractivity contribution in [3.05, 3.63) is 70.0 Å². The van der Waals surface area contributed by atoms with Crippen LogP contribution in [0.4, 0.5) is 10.1 Å². The molecular formula is C30H35BrFN5O5. The SMILES string of the molecule is CCCCCNC(=O)C[n+]1ccc(C(=O)N2CCN(c3cc4c(cc3F)c(=O)c(C(=O)O)cn4C3CC3)CC2)cc1.[Br-]. The Morgan fingerprint density at radius 2 is 1.76 bits per heavy atom. The number of carbonyl (C=O) groups is 3. The fourth-order valence-corrected chi connectivity index (χ4v) is 5.27. The Balaban J connectivity index is 0.00000405. The summed E-state index contributed by atoms with van der Waals surface area (Å²) in [6.45, 7) is 4.53. The second kappa shape index (κ2) is 13.5. The van der Waals surface area contributed by atoms with Crippen molar-refractivity contribution in [1.29, 1.82) is 0 Å². The van der Waals surface area contributed by atoms with Gasteiger partial charge in [-0.25, -0.2) is 9.18 Å². The number of fused-ring (bicyclic) bond motifs is 1. The molecule has 2 aromatic heterocycles. The zero-order valence-electron chi connectivity index (χ0n) is 23.5. The quantitative estimate of drug-likeness (QED) is 0.232. The lowest BCUT2D eigenvalue weighted by molar-refractivity contribution is -0.684. The van der Waals surface area contributed by atoms with Crippen LogP contribution in [-0.2, 0) is 11.3 Å². The Hall–Kier alpha value is -3.80. The smallest absolute Gasteiger partial charge is 0.341 e. The van der Waals surface area contributed by atoms with Crippen molar-refractivity contribution in [2.45, 2.75) is 51.6 Å². The number of unbranched alkanes of at least 4 members (excludes halogenated alkanes) is 2. The number of carboxylic acid groups (broad SMARTS) is 1. The van der Waals surface area contributed by atoms with Crippen LogP contribution >= 0.6 is 0 Å². The highest BCUT2D eigenvalue weighted by Gasteiger charge is 2.29. The van der Waals surface area contributed by atoms with Gasteiger partial charge in [-0.3, -0.25) is 14.4 Å². The van der Waals surface area contributed by atoms with Gasteiger partial charge in [-0.15, -0.1) is 0 Å². The number of pyridine rings is 2. The molecule has 10 nitrogen and oxygen atoms in total. The first-order valence-corrected chi connectivity index (χ1v) is 14.2. The Bertz CT molecular complexity index is 1530. The van der Waals surface area contributed by atoms with Gasteiger partial charge in [0.05, 0.1) is 16.8 Å². The number of piperazine rings is 1. The van der Waals surface area contributed by atoms with Crippen molar-refractivity contribution in [2.75, 3.05) is 37.6 Å². The molecule has 42 heavy (non-hydrogen) atoms. The maximum Gasteiger partial charge on any atom is 0.341 e. The number of aromatic nitrogens is 2. The summed E-state index contributed by atoms with van der Waals surface area (Å²) in [5, 5.41) is 12.4. The lowest BCUT2D eigenvalue weighted by atomic mass is 10.1. The van der Waals surface area contributed by atoms with E-state index in [-0.39, 0.29) is 52.3 Å². The maximum absolute atomic E-state index is 15.3. The van der Waals surface area contributed by atoms with Crippen molar-refractivity contribution in [3.63, 3.8) is 0 Å². The van der Waals surface area contributed by atoms with Gasteiger partial charge in [-0.2, -0.15) is 4.57 Å². The molecule has 2 amide bonds. The Kier molecular flexibility index (Phi) is 9.97. The third-order valence-electron chi connectivity index (χ3n) is 7.75. The first kappa shape index (κ1) is 31.1. The predicted octanol–water partition coefficient (Wildman–Crippen LogP) is -0.266. The number of anilines is 1. The zero-order valence-corrected chi connectivity index (χ0v) is 25.1. The van der Waals surface area contributed by atoms with Crippen LogP contribution in [0, 0.1) is 5.82 Å². The van der Waals surface area contributed by atoms with Gasteiger partial charge in [0.1, 0.15) is 11.4 Å². The lowest BCUT2D eigenvalue weighted by Crippen LogP contribution is -3.00. The molecule has 5 rings (SSSR count). The van der Waals surface area contributed by atoms with Gasteiger partial charge in [0.25, 0.3) is 11.8 Å². The summed E-state index contributed by atoms with van der Waals surface area (Å²) in [4.78, 5) is 53.2. The third-order valence-corrected chi connectivity index (χ3v) is 7.75. The number of aromatic carboxylic acids is 1. The summed E-state index contributed by atoms with van der Waals surface area (Å²) in [7, 11) is 0. The minimum Gasteiger partial charge on any atom is -1.00 e. The van der Waals surface area contributed by atoms with E-state index in [1.54, 1.807) is 44.6 Å². The number of rotatable bonds is 10. The molecule has 2 aliphatic rings. The van der Waals surface area contributed by atoms with Gasteiger partial charge < -0.3 is 41.8 Å². The zero-order chi connectivity index (χ0) is 29.1. The average molecular weight is 645 g/mol. The number of hydrogen-bond acceptors (Lipinski definition) is 5. The third kappa shape index (κ3) is 6.80. The number of carboxylic acids is 1. The van der Waals surface area contributed by atoms with Crippen molar-refractivity contribution < 1.29 is 45.4 Å². The van der Waals surface area contributed by atoms with Crippen LogP contribution in [0.25, 0.3) is 10.9 Å². The first-order chi connectivity index (χ1) is 19.8. The molecule has 0 atom stereocenters. The molecule has 0 spiro atoms. The van der Waals surface area contributed by atoms with E-state index in [1.165, 1.54) is 6.20 Å². The number of nitrogens with one attached hydrogen (secondary N) is 1. The highest BCUT2D eigenvalue weighted by atomic mass is 79.9. The maximum atomic E-state index is 15.3. The number of amides is 2. The van der Waals surface area contributed by atoms with E-state index in [0.29, 0.717) is 49.5 Å². The van der Waals surface area contributed by atoms with Crippen LogP contribution < -0.4 is 37.2 Å². The normalized spacial score (nSPS) is 14.9. The molecule has 1 saturated carbocycles. The van der Waals surface area contributed by atoms with Crippen molar-refractivity contribution >= 4 is 34.4 Å². The van der Waals surface area contributed by atoms with Gasteiger partial charge in [0.2, 0.25) is 12.0 Å². The summed E-state index contributed by atoms with van der Waals surface area (Å²) in [5.41, 5.74) is 0.306. The number of benzene rings is 1. The van der Waals surface area contributed by atoms with Gasteiger partial charge in [0.15, 0.2) is 12.4 Å². The van der Waals surface area contributed by atoms with Crippen LogP contribution in [0.5, 0.6) is 0 Å². The first-order valence-electron chi connectivity index (χ1n) is 14.2. The second-order valence-corrected chi connectivity index (χ2v) is 10.7. The van der Waals surface area contributed by atoms with E-state index in [0.717, 1.165) is 38.2 Å². The molecule has 1 aliphatic carbocycles. The Morgan fingerprint density at radius 3 is 2.38 bits per heavy atom. The molecule has 12 heteroatoms. The van der Waals surface area contributed by atoms with Gasteiger partial charge in [0, 0.05) is 62.5 Å². The number of halogens is 2. The van der Waals surface area contributed by atoms with Crippen molar-refractivity contribution in [1.82, 2.24) is 14.8 Å². The second-order valence-electron chi connectivity index (χ2n) is 10.7. The monoisotopic (exact) mass is 643 g/mol. The largest absolute Gasteiger partial charge is 1.00 e. The minimum absolute atomic E-state index is 0. The fraction of sp³-hybridized carbons (Fsp3) is 0.433. The molecule has 0 radical (unpaired) electrons. The van der Waals surface area contributed by atoms with Crippen LogP contribution in [0.3, 0.4) is 0 Å². The Morgan fingerprint density at radius 1 is 1.07 bits per heavy atom. The Labute approximate surface area is 253 Å². The lowest BCUT2D eigenvalue weighted by Gasteiger charge is -2.36. The highest BCUT2D eigenvalue weighted by molar-refractivity contribution is 5.95. The molecule has 0 bridgehead atoms. The molecule has 1 aromatic carbocycles. The van der Waals surface area contributed by atoms with E-state index in [4.69, 9.17) is 0 Å². The molecule has 2 fully saturated rings. The van der Waals surface area contributed by atoms with E-state index >= 15 is 4.39 Å². The minimum atomic E-state index is -1.33. The van der Waals surface area contributed by atoms with Gasteiger partial charge >= 0.3 is 5.97 Å². The van der Waals surface area contributed by atoms with E-state index in [9.17, 15) is 24.3 Å². The predicted molar refractivity (Wildman–Crippen MR) is 151 cm³/mol. The summed E-state index contributed by atoms with van der Waals surface area (Å²) >= 11 is 0. The molecule has 3 heterocycles. The van der Waals surface area contributed by atoms with Gasteiger partial charge in [-0.1, -0.05) is 19.8 Å². The number of nitrogens with zero attached hydrogens (tertiary/aromatic N) is 4. The molecular weight excluding hydrogens is 609 g/mol. The summed E-state index contributed by atoms with van der Waals surface area (Å²) in [6.07, 6.45) is 9.67. The van der Waals surface area contributed by atoms with Crippen LogP contribution in [-0.4, -0.2) is 65.1 Å². The fourth-order valence-electron chi connectivity index (χ4n) is 5.27. The molecule has 2 N–H and O–H groups in total. The molecule has 1 aliphatic heterocycles. The van der Waals surface area contributed by atoms with Crippen molar-refractivity contribution in [3.8, 4) is 0 Å². The van der Waals surface area contributed by atoms with Crippen LogP contribution in [0.2, 0.25) is 0 Å². The van der Waals surface area contributed by atoms with E-state index in [2.05, 4.69) is 12.2 Å².